The summed E-state index contributed by atoms with van der Waals surface area (Å²) in [5.74, 6) is 0. The van der Waals surface area contributed by atoms with Crippen molar-refractivity contribution in [2.45, 2.75) is 0 Å². The molecule has 0 aromatic heterocycles. The first-order valence-corrected chi connectivity index (χ1v) is 6.12. The molecular formula is H16Cl3CoN6O15. The van der Waals surface area contributed by atoms with Crippen molar-refractivity contribution in [2.24, 2.45) is 0 Å². The molecule has 0 heterocycles. The summed E-state index contributed by atoms with van der Waals surface area (Å²) in [6, 6.07) is 0. The normalized spacial score (nSPS) is 8.16. The van der Waals surface area contributed by atoms with E-state index in [1.54, 1.807) is 0 Å². The molecule has 21 nitrogen and oxygen atoms in total. The molecule has 16 N–H and O–H groups in total. The van der Waals surface area contributed by atoms with Crippen LogP contribution in [0.3, 0.4) is 0 Å². The smallest absolute Gasteiger partial charge is 0.344 e. The van der Waals surface area contributed by atoms with Crippen molar-refractivity contribution in [3.05, 3.63) is 10.1 Å². The van der Waals surface area contributed by atoms with Crippen LogP contribution in [0.15, 0.2) is 0 Å². The van der Waals surface area contributed by atoms with Crippen molar-refractivity contribution in [1.82, 2.24) is 30.8 Å². The summed E-state index contributed by atoms with van der Waals surface area (Å²) in [7, 11) is -14.8. The van der Waals surface area contributed by atoms with Gasteiger partial charge in [0, 0.05) is 0 Å². The van der Waals surface area contributed by atoms with E-state index in [0.29, 0.717) is 0 Å². The number of hydrogen-bond donors (Lipinski definition) is 6. The molecular weight excluding hydrogens is 489 g/mol. The molecule has 166 valence electrons. The van der Waals surface area contributed by atoms with Gasteiger partial charge in [0.1, 0.15) is 0 Å². The zero-order valence-corrected chi connectivity index (χ0v) is 14.9. The monoisotopic (exact) mass is 504 g/mol. The topological polar surface area (TPSA) is 515 Å². The maximum absolute atomic E-state index is 8.49. The van der Waals surface area contributed by atoms with Gasteiger partial charge < -0.3 is 36.0 Å². The van der Waals surface area contributed by atoms with Gasteiger partial charge in [-0.2, -0.15) is 0 Å². The molecule has 0 aliphatic carbocycles. The average Bonchev–Trinajstić information content (AvgIpc) is 1.66. The Morgan fingerprint density at radius 1 is 0.520 bits per heavy atom. The van der Waals surface area contributed by atoms with E-state index >= 15 is 0 Å². The second-order valence-electron chi connectivity index (χ2n) is 1.37. The molecule has 25 heavy (non-hydrogen) atoms. The van der Waals surface area contributed by atoms with Crippen LogP contribution in [0.4, 0.5) is 0 Å². The van der Waals surface area contributed by atoms with Crippen molar-refractivity contribution in [2.75, 3.05) is 0 Å². The fourth-order valence-corrected chi connectivity index (χ4v) is 0. The summed E-state index contributed by atoms with van der Waals surface area (Å²) in [6.07, 6.45) is 0. The van der Waals surface area contributed by atoms with Gasteiger partial charge in [0.2, 0.25) is 0 Å². The van der Waals surface area contributed by atoms with Gasteiger partial charge >= 0.3 is 16.8 Å². The quantitative estimate of drug-likeness (QED) is 0.131. The van der Waals surface area contributed by atoms with Crippen LogP contribution < -0.4 is 86.7 Å². The van der Waals surface area contributed by atoms with Crippen LogP contribution in [-0.4, -0.2) is 10.3 Å². The van der Waals surface area contributed by atoms with Crippen LogP contribution in [0.2, 0.25) is 0 Å². The number of rotatable bonds is 0. The molecule has 0 unspecified atom stereocenters. The molecule has 0 amide bonds. The molecule has 0 spiro atoms. The van der Waals surface area contributed by atoms with Crippen molar-refractivity contribution >= 4 is 0 Å². The second kappa shape index (κ2) is 28.7. The van der Waals surface area contributed by atoms with E-state index in [1.165, 1.54) is 0 Å². The zero-order chi connectivity index (χ0) is 17.1. The third-order valence-corrected chi connectivity index (χ3v) is 0. The molecule has 0 aromatic carbocycles. The maximum atomic E-state index is 8.49. The van der Waals surface area contributed by atoms with Crippen molar-refractivity contribution in [1.29, 1.82) is 0 Å². The molecule has 0 atom stereocenters. The van der Waals surface area contributed by atoms with Gasteiger partial charge in [0.25, 0.3) is 5.09 Å². The summed E-state index contributed by atoms with van der Waals surface area (Å²) in [5, 5.41) is 13.6. The van der Waals surface area contributed by atoms with Crippen molar-refractivity contribution in [3.63, 3.8) is 0 Å². The van der Waals surface area contributed by atoms with Crippen LogP contribution >= 0.6 is 0 Å². The van der Waals surface area contributed by atoms with Crippen molar-refractivity contribution in [3.8, 4) is 0 Å². The minimum atomic E-state index is -4.94. The molecule has 0 saturated carbocycles. The van der Waals surface area contributed by atoms with E-state index in [1.807, 2.05) is 0 Å². The Bertz CT molecular complexity index is 174. The maximum Gasteiger partial charge on any atom is 3.00 e. The summed E-state index contributed by atoms with van der Waals surface area (Å²) >= 11 is 0. The minimum Gasteiger partial charge on any atom is -0.344 e. The van der Waals surface area contributed by atoms with Crippen LogP contribution in [0.1, 0.15) is 0 Å². The first-order valence-electron chi connectivity index (χ1n) is 2.42. The van der Waals surface area contributed by atoms with Gasteiger partial charge in [-0.15, -0.1) is 40.8 Å². The molecule has 0 fully saturated rings. The van der Waals surface area contributed by atoms with Gasteiger partial charge in [0.05, 0.1) is 0 Å². The standard InChI is InChI=1S/3ClHO4.Co.HNO3.5H3N/c3*2-1(3,4)5;;2-1(3)4;;;;;/h3*(H,2,3,4,5);;(H,2,3,4);5*1H3/q;;;+3;;;;;;/p-3. The first-order chi connectivity index (χ1) is 7.73. The van der Waals surface area contributed by atoms with Crippen LogP contribution in [0.25, 0.3) is 0 Å². The summed E-state index contributed by atoms with van der Waals surface area (Å²) in [4.78, 5) is 8.36. The predicted octanol–water partition coefficient (Wildman–Crippen LogP) is -13.8. The fourth-order valence-electron chi connectivity index (χ4n) is 0. The van der Waals surface area contributed by atoms with E-state index in [0.717, 1.165) is 0 Å². The third kappa shape index (κ3) is 1070000. The Labute approximate surface area is 155 Å². The number of halogens is 3. The van der Waals surface area contributed by atoms with E-state index in [9.17, 15) is 0 Å². The largest absolute Gasteiger partial charge is 3.00 e. The van der Waals surface area contributed by atoms with E-state index < -0.39 is 35.8 Å². The van der Waals surface area contributed by atoms with Gasteiger partial charge in [0.15, 0.2) is 0 Å². The predicted molar refractivity (Wildman–Crippen MR) is 33.9 cm³/mol. The van der Waals surface area contributed by atoms with Gasteiger partial charge in [-0.05, 0) is 0 Å². The van der Waals surface area contributed by atoms with E-state index in [4.69, 9.17) is 71.2 Å². The first kappa shape index (κ1) is 64.1. The molecule has 0 aliphatic heterocycles. The molecule has 0 bridgehead atoms. The minimum absolute atomic E-state index is 0. The van der Waals surface area contributed by atoms with E-state index in [-0.39, 0.29) is 47.5 Å². The molecule has 0 radical (unpaired) electrons. The molecule has 0 aliphatic rings. The Morgan fingerprint density at radius 2 is 0.520 bits per heavy atom. The van der Waals surface area contributed by atoms with Gasteiger partial charge in [-0.3, -0.25) is 0 Å². The van der Waals surface area contributed by atoms with Crippen LogP contribution in [0, 0.1) is 40.8 Å². The Balaban J connectivity index is -0.0000000139. The average molecular weight is 505 g/mol. The Kier molecular flexibility index (Phi) is 73.5. The third-order valence-electron chi connectivity index (χ3n) is 0. The molecule has 0 saturated heterocycles. The Hall–Kier alpha value is -0.104. The van der Waals surface area contributed by atoms with Crippen molar-refractivity contribution < 1.29 is 114 Å². The number of hydrogen-bond acceptors (Lipinski definition) is 19. The fraction of sp³-hybridized carbons (Fsp3) is 0. The molecule has 0 aromatic rings. The summed E-state index contributed by atoms with van der Waals surface area (Å²) < 4.78 is 102. The van der Waals surface area contributed by atoms with Gasteiger partial charge in [-0.25, -0.2) is 55.9 Å². The summed E-state index contributed by atoms with van der Waals surface area (Å²) in [5.41, 5.74) is 0. The number of nitrogens with zero attached hydrogens (tertiary/aromatic N) is 1. The Morgan fingerprint density at radius 3 is 0.520 bits per heavy atom. The molecule has 0 rings (SSSR count). The van der Waals surface area contributed by atoms with Crippen LogP contribution in [0.5, 0.6) is 0 Å². The van der Waals surface area contributed by atoms with E-state index in [2.05, 4.69) is 0 Å². The SMILES string of the molecule is N.N.N.N.N.O=[N+]([O-])O.[Co+3].[O-][Cl+3]([O-])([O-])[O-].[O-][Cl+3]([O-])([O-])[O-].[O-][Cl+3]([O-])([O-])[O-]. The summed E-state index contributed by atoms with van der Waals surface area (Å²) in [6.45, 7) is 0. The second-order valence-corrected chi connectivity index (χ2v) is 3.64. The molecule has 25 heteroatoms. The zero-order valence-electron chi connectivity index (χ0n) is 11.6. The van der Waals surface area contributed by atoms with Crippen LogP contribution in [-0.2, 0) is 16.8 Å². The van der Waals surface area contributed by atoms with Gasteiger partial charge in [-0.1, -0.05) is 0 Å².